The van der Waals surface area contributed by atoms with Gasteiger partial charge < -0.3 is 9.88 Å². The van der Waals surface area contributed by atoms with Crippen molar-refractivity contribution in [3.63, 3.8) is 0 Å². The summed E-state index contributed by atoms with van der Waals surface area (Å²) < 4.78 is 3.27. The van der Waals surface area contributed by atoms with Gasteiger partial charge in [-0.3, -0.25) is 9.59 Å². The molecule has 7 heteroatoms. The van der Waals surface area contributed by atoms with Crippen molar-refractivity contribution < 1.29 is 4.79 Å². The Morgan fingerprint density at radius 3 is 2.14 bits per heavy atom. The highest BCUT2D eigenvalue weighted by molar-refractivity contribution is 6.05. The normalized spacial score (nSPS) is 12.0. The van der Waals surface area contributed by atoms with Crippen LogP contribution in [-0.2, 0) is 7.05 Å². The second-order valence-electron chi connectivity index (χ2n) is 8.78. The molecule has 1 amide bonds. The largest absolute Gasteiger partial charge is 0.337 e. The molecule has 0 saturated carbocycles. The van der Waals surface area contributed by atoms with Crippen LogP contribution in [0.1, 0.15) is 27.9 Å². The Labute approximate surface area is 212 Å². The standard InChI is InChI=1S/C30H23N5O2/c1-34-25-19-11-10-18-24(25)31-28(34)26(20-12-4-2-5-13-20)32-29(36)27-22-16-8-9-17-23(22)30(37)35(33-27)21-14-6-3-7-15-21/h2-19,26H,1H3,(H,32,36). The SMILES string of the molecule is Cn1c(C(NC(=O)c2nn(-c3ccccc3)c(=O)c3ccccc23)c2ccccc2)nc2ccccc21. The van der Waals surface area contributed by atoms with Crippen molar-refractivity contribution in [2.24, 2.45) is 7.05 Å². The van der Waals surface area contributed by atoms with E-state index >= 15 is 0 Å². The van der Waals surface area contributed by atoms with Gasteiger partial charge in [0, 0.05) is 12.4 Å². The topological polar surface area (TPSA) is 81.8 Å². The predicted octanol–water partition coefficient (Wildman–Crippen LogP) is 4.79. The number of hydrogen-bond acceptors (Lipinski definition) is 4. The highest BCUT2D eigenvalue weighted by Gasteiger charge is 2.25. The Balaban J connectivity index is 1.50. The molecule has 0 aliphatic carbocycles. The number of hydrogen-bond donors (Lipinski definition) is 1. The lowest BCUT2D eigenvalue weighted by Crippen LogP contribution is -2.34. The fraction of sp³-hybridized carbons (Fsp3) is 0.0667. The van der Waals surface area contributed by atoms with Crippen molar-refractivity contribution in [1.82, 2.24) is 24.6 Å². The molecule has 1 N–H and O–H groups in total. The molecule has 0 aliphatic heterocycles. The van der Waals surface area contributed by atoms with Crippen LogP contribution in [0, 0.1) is 0 Å². The molecule has 4 aromatic carbocycles. The molecule has 7 nitrogen and oxygen atoms in total. The van der Waals surface area contributed by atoms with Gasteiger partial charge in [-0.05, 0) is 35.9 Å². The number of carbonyl (C=O) groups excluding carboxylic acids is 1. The number of nitrogens with one attached hydrogen (secondary N) is 1. The average Bonchev–Trinajstić information content (AvgIpc) is 3.29. The summed E-state index contributed by atoms with van der Waals surface area (Å²) in [6.45, 7) is 0. The summed E-state index contributed by atoms with van der Waals surface area (Å²) in [5, 5.41) is 8.62. The molecule has 1 atom stereocenters. The quantitative estimate of drug-likeness (QED) is 0.381. The number of fused-ring (bicyclic) bond motifs is 2. The fourth-order valence-corrected chi connectivity index (χ4v) is 4.67. The first kappa shape index (κ1) is 22.4. The number of amides is 1. The summed E-state index contributed by atoms with van der Waals surface area (Å²) in [5.74, 6) is 0.295. The first-order chi connectivity index (χ1) is 18.1. The van der Waals surface area contributed by atoms with Crippen molar-refractivity contribution in [2.45, 2.75) is 6.04 Å². The first-order valence-corrected chi connectivity index (χ1v) is 12.0. The van der Waals surface area contributed by atoms with Gasteiger partial charge in [0.1, 0.15) is 11.9 Å². The monoisotopic (exact) mass is 485 g/mol. The van der Waals surface area contributed by atoms with Crippen LogP contribution >= 0.6 is 0 Å². The van der Waals surface area contributed by atoms with Gasteiger partial charge in [0.25, 0.3) is 11.5 Å². The molecular weight excluding hydrogens is 462 g/mol. The molecule has 2 aromatic heterocycles. The molecule has 0 radical (unpaired) electrons. The fourth-order valence-electron chi connectivity index (χ4n) is 4.67. The van der Waals surface area contributed by atoms with E-state index in [-0.39, 0.29) is 11.3 Å². The number of benzene rings is 4. The van der Waals surface area contributed by atoms with Gasteiger partial charge in [0.05, 0.1) is 22.1 Å². The molecule has 0 aliphatic rings. The van der Waals surface area contributed by atoms with E-state index < -0.39 is 11.9 Å². The van der Waals surface area contributed by atoms with E-state index in [0.717, 1.165) is 16.6 Å². The third kappa shape index (κ3) is 3.96. The van der Waals surface area contributed by atoms with E-state index in [1.165, 1.54) is 4.68 Å². The lowest BCUT2D eigenvalue weighted by molar-refractivity contribution is 0.0936. The Hall–Kier alpha value is -5.04. The van der Waals surface area contributed by atoms with Crippen molar-refractivity contribution in [2.75, 3.05) is 0 Å². The van der Waals surface area contributed by atoms with Crippen molar-refractivity contribution in [3.8, 4) is 5.69 Å². The molecule has 0 fully saturated rings. The molecule has 1 unspecified atom stereocenters. The molecule has 0 spiro atoms. The van der Waals surface area contributed by atoms with Gasteiger partial charge in [0.15, 0.2) is 5.69 Å². The summed E-state index contributed by atoms with van der Waals surface area (Å²) >= 11 is 0. The zero-order chi connectivity index (χ0) is 25.4. The van der Waals surface area contributed by atoms with E-state index in [9.17, 15) is 9.59 Å². The second kappa shape index (κ2) is 9.20. The lowest BCUT2D eigenvalue weighted by atomic mass is 10.1. The van der Waals surface area contributed by atoms with Gasteiger partial charge in [-0.2, -0.15) is 9.78 Å². The number of rotatable bonds is 5. The van der Waals surface area contributed by atoms with Crippen LogP contribution in [0.15, 0.2) is 114 Å². The van der Waals surface area contributed by atoms with Crippen molar-refractivity contribution >= 4 is 27.7 Å². The van der Waals surface area contributed by atoms with E-state index in [1.54, 1.807) is 36.4 Å². The van der Waals surface area contributed by atoms with Crippen molar-refractivity contribution in [1.29, 1.82) is 0 Å². The smallest absolute Gasteiger partial charge is 0.279 e. The summed E-state index contributed by atoms with van der Waals surface area (Å²) in [5.41, 5.74) is 3.16. The van der Waals surface area contributed by atoms with Crippen LogP contribution < -0.4 is 10.9 Å². The van der Waals surface area contributed by atoms with Gasteiger partial charge in [-0.15, -0.1) is 0 Å². The van der Waals surface area contributed by atoms with Gasteiger partial charge in [-0.25, -0.2) is 4.98 Å². The zero-order valence-corrected chi connectivity index (χ0v) is 20.1. The third-order valence-electron chi connectivity index (χ3n) is 6.51. The van der Waals surface area contributed by atoms with Crippen LogP contribution in [0.2, 0.25) is 0 Å². The zero-order valence-electron chi connectivity index (χ0n) is 20.1. The molecule has 0 saturated heterocycles. The second-order valence-corrected chi connectivity index (χ2v) is 8.78. The highest BCUT2D eigenvalue weighted by atomic mass is 16.2. The van der Waals surface area contributed by atoms with E-state index in [2.05, 4.69) is 10.4 Å². The van der Waals surface area contributed by atoms with Crippen LogP contribution in [0.25, 0.3) is 27.5 Å². The number of carbonyl (C=O) groups is 1. The Kier molecular flexibility index (Phi) is 5.58. The molecule has 180 valence electrons. The van der Waals surface area contributed by atoms with E-state index in [4.69, 9.17) is 4.98 Å². The molecule has 6 aromatic rings. The Bertz CT molecular complexity index is 1810. The Morgan fingerprint density at radius 2 is 1.41 bits per heavy atom. The summed E-state index contributed by atoms with van der Waals surface area (Å²) in [7, 11) is 1.94. The van der Waals surface area contributed by atoms with Gasteiger partial charge >= 0.3 is 0 Å². The summed E-state index contributed by atoms with van der Waals surface area (Å²) in [6, 6.07) is 33.2. The minimum Gasteiger partial charge on any atom is -0.337 e. The Morgan fingerprint density at radius 1 is 0.784 bits per heavy atom. The molecule has 2 heterocycles. The molecular formula is C30H23N5O2. The van der Waals surface area contributed by atoms with Crippen molar-refractivity contribution in [3.05, 3.63) is 137 Å². The lowest BCUT2D eigenvalue weighted by Gasteiger charge is -2.20. The minimum absolute atomic E-state index is 0.166. The van der Waals surface area contributed by atoms with Crippen LogP contribution in [0.5, 0.6) is 0 Å². The maximum Gasteiger partial charge on any atom is 0.279 e. The molecule has 0 bridgehead atoms. The average molecular weight is 486 g/mol. The number of aromatic nitrogens is 4. The maximum atomic E-state index is 13.9. The molecule has 37 heavy (non-hydrogen) atoms. The van der Waals surface area contributed by atoms with Gasteiger partial charge in [0.2, 0.25) is 0 Å². The first-order valence-electron chi connectivity index (χ1n) is 12.0. The summed E-state index contributed by atoms with van der Waals surface area (Å²) in [6.07, 6.45) is 0. The van der Waals surface area contributed by atoms with E-state index in [1.807, 2.05) is 84.4 Å². The summed E-state index contributed by atoms with van der Waals surface area (Å²) in [4.78, 5) is 32.0. The number of nitrogens with zero attached hydrogens (tertiary/aromatic N) is 4. The highest BCUT2D eigenvalue weighted by Crippen LogP contribution is 2.26. The maximum absolute atomic E-state index is 13.9. The third-order valence-corrected chi connectivity index (χ3v) is 6.51. The minimum atomic E-state index is -0.538. The number of para-hydroxylation sites is 3. The number of imidazole rings is 1. The van der Waals surface area contributed by atoms with Crippen LogP contribution in [0.4, 0.5) is 0 Å². The van der Waals surface area contributed by atoms with Gasteiger partial charge in [-0.1, -0.05) is 78.9 Å². The number of aryl methyl sites for hydroxylation is 1. The molecule has 6 rings (SSSR count). The predicted molar refractivity (Wildman–Crippen MR) is 144 cm³/mol. The van der Waals surface area contributed by atoms with E-state index in [0.29, 0.717) is 22.3 Å². The van der Waals surface area contributed by atoms with Crippen LogP contribution in [0.3, 0.4) is 0 Å². The van der Waals surface area contributed by atoms with Crippen LogP contribution in [-0.4, -0.2) is 25.2 Å².